The molecule has 0 nitrogen and oxygen atoms in total. The summed E-state index contributed by atoms with van der Waals surface area (Å²) in [7, 11) is 0. The summed E-state index contributed by atoms with van der Waals surface area (Å²) in [5.41, 5.74) is 0.280. The summed E-state index contributed by atoms with van der Waals surface area (Å²) in [6.45, 7) is 2.17. The van der Waals surface area contributed by atoms with Gasteiger partial charge in [0.05, 0.1) is 0 Å². The van der Waals surface area contributed by atoms with Gasteiger partial charge in [-0.1, -0.05) is 43.5 Å². The molecule has 1 aromatic carbocycles. The van der Waals surface area contributed by atoms with E-state index >= 15 is 0 Å². The van der Waals surface area contributed by atoms with E-state index in [1.807, 2.05) is 0 Å². The van der Waals surface area contributed by atoms with Crippen molar-refractivity contribution < 1.29 is 8.78 Å². The molecule has 0 atom stereocenters. The number of benzene rings is 1. The van der Waals surface area contributed by atoms with Gasteiger partial charge in [-0.15, -0.1) is 0 Å². The van der Waals surface area contributed by atoms with Gasteiger partial charge in [0, 0.05) is 16.5 Å². The van der Waals surface area contributed by atoms with Crippen LogP contribution in [0.15, 0.2) is 30.1 Å². The van der Waals surface area contributed by atoms with E-state index in [9.17, 15) is 8.78 Å². The molecule has 0 N–H and O–H groups in total. The molecule has 2 rings (SSSR count). The van der Waals surface area contributed by atoms with Crippen LogP contribution in [0.1, 0.15) is 51.0 Å². The Kier molecular flexibility index (Phi) is 5.59. The predicted octanol–water partition coefficient (Wildman–Crippen LogP) is 6.55. The minimum atomic E-state index is -0.722. The average Bonchev–Trinajstić information content (AvgIpc) is 2.48. The first-order valence-corrected chi connectivity index (χ1v) is 7.80. The molecule has 110 valence electrons. The highest BCUT2D eigenvalue weighted by Gasteiger charge is 2.26. The summed E-state index contributed by atoms with van der Waals surface area (Å²) < 4.78 is 28.4. The highest BCUT2D eigenvalue weighted by atomic mass is 35.5. The molecule has 0 aromatic heterocycles. The molecule has 0 radical (unpaired) electrons. The maximum atomic E-state index is 14.3. The second kappa shape index (κ2) is 7.21. The fourth-order valence-corrected chi connectivity index (χ4v) is 3.15. The minimum absolute atomic E-state index is 0.251. The van der Waals surface area contributed by atoms with Gasteiger partial charge in [-0.3, -0.25) is 0 Å². The van der Waals surface area contributed by atoms with Gasteiger partial charge in [-0.2, -0.15) is 0 Å². The van der Waals surface area contributed by atoms with Crippen molar-refractivity contribution in [2.45, 2.75) is 45.4 Å². The van der Waals surface area contributed by atoms with Crippen LogP contribution in [0.3, 0.4) is 0 Å². The molecule has 0 aliphatic heterocycles. The Balaban J connectivity index is 2.04. The Morgan fingerprint density at radius 2 is 1.70 bits per heavy atom. The zero-order valence-corrected chi connectivity index (χ0v) is 12.6. The van der Waals surface area contributed by atoms with Gasteiger partial charge in [-0.05, 0) is 43.7 Å². The molecule has 1 aromatic rings. The highest BCUT2D eigenvalue weighted by Crippen LogP contribution is 2.39. The lowest BCUT2D eigenvalue weighted by molar-refractivity contribution is 0.261. The summed E-state index contributed by atoms with van der Waals surface area (Å²) in [6, 6.07) is 6.23. The summed E-state index contributed by atoms with van der Waals surface area (Å²) in [5.74, 6) is -0.857. The average molecular weight is 299 g/mol. The van der Waals surface area contributed by atoms with Crippen LogP contribution in [0.4, 0.5) is 8.78 Å². The van der Waals surface area contributed by atoms with E-state index in [1.165, 1.54) is 25.0 Å². The third-order valence-corrected chi connectivity index (χ3v) is 4.46. The Morgan fingerprint density at radius 1 is 1.10 bits per heavy atom. The summed E-state index contributed by atoms with van der Waals surface area (Å²) >= 11 is 5.76. The Bertz CT molecular complexity index is 456. The first-order chi connectivity index (χ1) is 9.61. The molecule has 1 saturated carbocycles. The molecule has 0 saturated heterocycles. The van der Waals surface area contributed by atoms with Crippen LogP contribution >= 0.6 is 11.6 Å². The van der Waals surface area contributed by atoms with Crippen molar-refractivity contribution >= 4 is 17.4 Å². The van der Waals surface area contributed by atoms with E-state index in [1.54, 1.807) is 12.1 Å². The van der Waals surface area contributed by atoms with Crippen molar-refractivity contribution in [3.63, 3.8) is 0 Å². The maximum absolute atomic E-state index is 14.3. The molecule has 0 heterocycles. The SMILES string of the molecule is CCCC1CCC(/C(F)=C(\F)c2ccc(Cl)cc2)CC1. The molecule has 1 aliphatic rings. The van der Waals surface area contributed by atoms with E-state index < -0.39 is 11.7 Å². The zero-order chi connectivity index (χ0) is 14.5. The van der Waals surface area contributed by atoms with Gasteiger partial charge >= 0.3 is 0 Å². The molecule has 0 unspecified atom stereocenters. The van der Waals surface area contributed by atoms with Gasteiger partial charge in [0.2, 0.25) is 0 Å². The van der Waals surface area contributed by atoms with Crippen molar-refractivity contribution in [3.05, 3.63) is 40.7 Å². The second-order valence-electron chi connectivity index (χ2n) is 5.68. The van der Waals surface area contributed by atoms with Gasteiger partial charge < -0.3 is 0 Å². The number of halogens is 3. The summed E-state index contributed by atoms with van der Waals surface area (Å²) in [6.07, 6.45) is 5.93. The van der Waals surface area contributed by atoms with Gasteiger partial charge in [0.15, 0.2) is 5.83 Å². The molecule has 0 bridgehead atoms. The van der Waals surface area contributed by atoms with Gasteiger partial charge in [0.25, 0.3) is 0 Å². The quantitative estimate of drug-likeness (QED) is 0.591. The van der Waals surface area contributed by atoms with Crippen LogP contribution in [0.2, 0.25) is 5.02 Å². The second-order valence-corrected chi connectivity index (χ2v) is 6.11. The first-order valence-electron chi connectivity index (χ1n) is 7.43. The standard InChI is InChI=1S/C17H21ClF2/c1-2-3-12-4-6-13(7-5-12)16(19)17(20)14-8-10-15(18)11-9-14/h8-13H,2-7H2,1H3/b17-16+. The maximum Gasteiger partial charge on any atom is 0.162 e. The Morgan fingerprint density at radius 3 is 2.25 bits per heavy atom. The van der Waals surface area contributed by atoms with E-state index in [4.69, 9.17) is 11.6 Å². The lowest BCUT2D eigenvalue weighted by Crippen LogP contribution is -2.15. The lowest BCUT2D eigenvalue weighted by Gasteiger charge is -2.27. The van der Waals surface area contributed by atoms with E-state index in [0.717, 1.165) is 25.7 Å². The number of rotatable bonds is 4. The third-order valence-electron chi connectivity index (χ3n) is 4.21. The van der Waals surface area contributed by atoms with E-state index in [-0.39, 0.29) is 11.5 Å². The zero-order valence-electron chi connectivity index (χ0n) is 11.8. The lowest BCUT2D eigenvalue weighted by atomic mass is 9.79. The third kappa shape index (κ3) is 3.82. The summed E-state index contributed by atoms with van der Waals surface area (Å²) in [4.78, 5) is 0. The van der Waals surface area contributed by atoms with Gasteiger partial charge in [0.1, 0.15) is 5.83 Å². The Hall–Kier alpha value is -0.890. The largest absolute Gasteiger partial charge is 0.208 e. The molecule has 20 heavy (non-hydrogen) atoms. The fourth-order valence-electron chi connectivity index (χ4n) is 3.03. The Labute approximate surface area is 124 Å². The molecule has 0 amide bonds. The first kappa shape index (κ1) is 15.5. The van der Waals surface area contributed by atoms with Crippen LogP contribution in [0.5, 0.6) is 0 Å². The number of hydrogen-bond acceptors (Lipinski definition) is 0. The van der Waals surface area contributed by atoms with Crippen molar-refractivity contribution in [2.24, 2.45) is 11.8 Å². The number of allylic oxidation sites excluding steroid dienone is 1. The molecule has 0 spiro atoms. The summed E-state index contributed by atoms with van der Waals surface area (Å²) in [5, 5.41) is 0.530. The monoisotopic (exact) mass is 298 g/mol. The van der Waals surface area contributed by atoms with Crippen molar-refractivity contribution in [1.29, 1.82) is 0 Å². The predicted molar refractivity (Wildman–Crippen MR) is 80.9 cm³/mol. The van der Waals surface area contributed by atoms with Crippen LogP contribution in [0, 0.1) is 11.8 Å². The minimum Gasteiger partial charge on any atom is -0.208 e. The van der Waals surface area contributed by atoms with Crippen LogP contribution < -0.4 is 0 Å². The van der Waals surface area contributed by atoms with Crippen LogP contribution in [0.25, 0.3) is 5.83 Å². The van der Waals surface area contributed by atoms with Crippen LogP contribution in [-0.4, -0.2) is 0 Å². The number of hydrogen-bond donors (Lipinski definition) is 0. The molecule has 3 heteroatoms. The van der Waals surface area contributed by atoms with E-state index in [0.29, 0.717) is 10.9 Å². The van der Waals surface area contributed by atoms with E-state index in [2.05, 4.69) is 6.92 Å². The van der Waals surface area contributed by atoms with Crippen molar-refractivity contribution in [3.8, 4) is 0 Å². The smallest absolute Gasteiger partial charge is 0.162 e. The molecular formula is C17H21ClF2. The van der Waals surface area contributed by atoms with Crippen LogP contribution in [-0.2, 0) is 0 Å². The molecule has 1 aliphatic carbocycles. The van der Waals surface area contributed by atoms with Gasteiger partial charge in [-0.25, -0.2) is 8.78 Å². The molecular weight excluding hydrogens is 278 g/mol. The molecule has 1 fully saturated rings. The van der Waals surface area contributed by atoms with Crippen molar-refractivity contribution in [1.82, 2.24) is 0 Å². The topological polar surface area (TPSA) is 0 Å². The fraction of sp³-hybridized carbons (Fsp3) is 0.529. The normalized spacial score (nSPS) is 24.4. The highest BCUT2D eigenvalue weighted by molar-refractivity contribution is 6.30. The van der Waals surface area contributed by atoms with Crippen molar-refractivity contribution in [2.75, 3.05) is 0 Å².